The molecule has 0 aromatic heterocycles. The third kappa shape index (κ3) is 12.8. The third-order valence-electron chi connectivity index (χ3n) is 5.18. The molecule has 14 nitrogen and oxygen atoms in total. The topological polar surface area (TPSA) is 252 Å². The second-order valence-electron chi connectivity index (χ2n) is 8.00. The highest BCUT2D eigenvalue weighted by molar-refractivity contribution is 7.80. The number of thiol groups is 1. The standard InChI is InChI=1S/C20H37N7O7S/c1-3-10(2)15(19(33)34)27-17(31)12(5-4-8-24-20(22)23)25-18(32)13(9-35)26-16(30)11(21)6-7-14(28)29/h10-13,15,35H,3-9,21H2,1-2H3,(H,25,32)(H,26,30)(H,27,31)(H,28,29)(H,33,34)(H4,22,23,24). The van der Waals surface area contributed by atoms with Gasteiger partial charge in [-0.3, -0.25) is 24.2 Å². The molecule has 3 amide bonds. The number of aliphatic carboxylic acids is 2. The van der Waals surface area contributed by atoms with Gasteiger partial charge in [0.1, 0.15) is 18.1 Å². The van der Waals surface area contributed by atoms with Crippen LogP contribution in [-0.4, -0.2) is 82.3 Å². The number of carbonyl (C=O) groups is 5. The number of hydrogen-bond donors (Lipinski definition) is 9. The van der Waals surface area contributed by atoms with Crippen molar-refractivity contribution in [1.29, 1.82) is 0 Å². The second kappa shape index (κ2) is 16.5. The van der Waals surface area contributed by atoms with Gasteiger partial charge in [0.05, 0.1) is 6.04 Å². The fraction of sp³-hybridized carbons (Fsp3) is 0.700. The van der Waals surface area contributed by atoms with E-state index < -0.39 is 53.8 Å². The van der Waals surface area contributed by atoms with Crippen molar-refractivity contribution in [2.45, 2.75) is 70.1 Å². The Morgan fingerprint density at radius 3 is 2.00 bits per heavy atom. The van der Waals surface area contributed by atoms with Crippen LogP contribution in [0.3, 0.4) is 0 Å². The quantitative estimate of drug-likeness (QED) is 0.0431. The van der Waals surface area contributed by atoms with Crippen LogP contribution in [0, 0.1) is 5.92 Å². The number of nitrogens with zero attached hydrogens (tertiary/aromatic N) is 1. The number of carboxylic acid groups (broad SMARTS) is 2. The van der Waals surface area contributed by atoms with Crippen LogP contribution in [0.15, 0.2) is 4.99 Å². The van der Waals surface area contributed by atoms with Gasteiger partial charge in [0.15, 0.2) is 5.96 Å². The number of carbonyl (C=O) groups excluding carboxylic acids is 3. The van der Waals surface area contributed by atoms with Crippen molar-refractivity contribution >= 4 is 48.2 Å². The Hall–Kier alpha value is -3.07. The minimum atomic E-state index is -1.21. The van der Waals surface area contributed by atoms with Crippen LogP contribution >= 0.6 is 12.6 Å². The van der Waals surface area contributed by atoms with Gasteiger partial charge in [-0.25, -0.2) is 4.79 Å². The smallest absolute Gasteiger partial charge is 0.326 e. The normalized spacial score (nSPS) is 15.0. The van der Waals surface area contributed by atoms with E-state index in [-0.39, 0.29) is 49.9 Å². The Morgan fingerprint density at radius 2 is 1.51 bits per heavy atom. The van der Waals surface area contributed by atoms with E-state index in [9.17, 15) is 29.1 Å². The molecule has 0 aromatic carbocycles. The molecular formula is C20H37N7O7S. The summed E-state index contributed by atoms with van der Waals surface area (Å²) in [5, 5.41) is 25.5. The number of rotatable bonds is 17. The number of carboxylic acids is 2. The predicted octanol–water partition coefficient (Wildman–Crippen LogP) is -2.25. The molecule has 0 saturated carbocycles. The molecule has 0 aliphatic rings. The summed E-state index contributed by atoms with van der Waals surface area (Å²) < 4.78 is 0. The maximum Gasteiger partial charge on any atom is 0.326 e. The van der Waals surface area contributed by atoms with Gasteiger partial charge in [-0.15, -0.1) is 0 Å². The molecule has 0 rings (SSSR count). The molecule has 0 spiro atoms. The Kier molecular flexibility index (Phi) is 15.1. The van der Waals surface area contributed by atoms with Crippen LogP contribution in [0.1, 0.15) is 46.0 Å². The zero-order valence-corrected chi connectivity index (χ0v) is 20.8. The molecule has 0 bridgehead atoms. The van der Waals surface area contributed by atoms with Gasteiger partial charge in [0.25, 0.3) is 0 Å². The van der Waals surface area contributed by atoms with Gasteiger partial charge in [0.2, 0.25) is 17.7 Å². The number of amides is 3. The van der Waals surface area contributed by atoms with Crippen LogP contribution in [0.2, 0.25) is 0 Å². The summed E-state index contributed by atoms with van der Waals surface area (Å²) in [7, 11) is 0. The minimum Gasteiger partial charge on any atom is -0.481 e. The van der Waals surface area contributed by atoms with Crippen molar-refractivity contribution in [3.05, 3.63) is 0 Å². The van der Waals surface area contributed by atoms with Crippen LogP contribution in [0.25, 0.3) is 0 Å². The van der Waals surface area contributed by atoms with Crippen LogP contribution in [-0.2, 0) is 24.0 Å². The van der Waals surface area contributed by atoms with E-state index in [2.05, 4.69) is 33.6 Å². The summed E-state index contributed by atoms with van der Waals surface area (Å²) in [6, 6.07) is -4.66. The molecule has 0 heterocycles. The number of hydrogen-bond acceptors (Lipinski definition) is 8. The molecule has 5 atom stereocenters. The highest BCUT2D eigenvalue weighted by atomic mass is 32.1. The first kappa shape index (κ1) is 31.9. The highest BCUT2D eigenvalue weighted by Crippen LogP contribution is 2.09. The Balaban J connectivity index is 5.42. The lowest BCUT2D eigenvalue weighted by atomic mass is 9.98. The maximum atomic E-state index is 12.9. The maximum absolute atomic E-state index is 12.9. The average molecular weight is 520 g/mol. The summed E-state index contributed by atoms with van der Waals surface area (Å²) in [4.78, 5) is 64.0. The summed E-state index contributed by atoms with van der Waals surface area (Å²) in [5.41, 5.74) is 16.2. The van der Waals surface area contributed by atoms with Gasteiger partial charge < -0.3 is 43.4 Å². The van der Waals surface area contributed by atoms with Crippen molar-refractivity contribution < 1.29 is 34.2 Å². The SMILES string of the molecule is CCC(C)C(NC(=O)C(CCCN=C(N)N)NC(=O)C(CS)NC(=O)C(N)CCC(=O)O)C(=O)O. The lowest BCUT2D eigenvalue weighted by molar-refractivity contribution is -0.144. The van der Waals surface area contributed by atoms with Gasteiger partial charge >= 0.3 is 11.9 Å². The van der Waals surface area contributed by atoms with E-state index in [1.54, 1.807) is 13.8 Å². The summed E-state index contributed by atoms with van der Waals surface area (Å²) in [6.07, 6.45) is 0.395. The summed E-state index contributed by atoms with van der Waals surface area (Å²) in [5.74, 6) is -5.22. The molecule has 0 aliphatic carbocycles. The van der Waals surface area contributed by atoms with Gasteiger partial charge in [-0.2, -0.15) is 12.6 Å². The van der Waals surface area contributed by atoms with E-state index in [1.165, 1.54) is 0 Å². The van der Waals surface area contributed by atoms with E-state index in [4.69, 9.17) is 22.3 Å². The van der Waals surface area contributed by atoms with E-state index in [0.29, 0.717) is 6.42 Å². The molecule has 15 heteroatoms. The first-order chi connectivity index (χ1) is 16.3. The van der Waals surface area contributed by atoms with Crippen molar-refractivity contribution in [1.82, 2.24) is 16.0 Å². The lowest BCUT2D eigenvalue weighted by Gasteiger charge is -2.26. The molecule has 35 heavy (non-hydrogen) atoms. The number of aliphatic imine (C=N–C) groups is 1. The van der Waals surface area contributed by atoms with Gasteiger partial charge in [0, 0.05) is 18.7 Å². The Bertz CT molecular complexity index is 777. The molecule has 0 radical (unpaired) electrons. The zero-order valence-electron chi connectivity index (χ0n) is 19.9. The first-order valence-corrected chi connectivity index (χ1v) is 11.7. The fourth-order valence-corrected chi connectivity index (χ4v) is 3.12. The fourth-order valence-electron chi connectivity index (χ4n) is 2.86. The van der Waals surface area contributed by atoms with E-state index in [0.717, 1.165) is 0 Å². The number of nitrogens with one attached hydrogen (secondary N) is 3. The monoisotopic (exact) mass is 519 g/mol. The molecular weight excluding hydrogens is 482 g/mol. The van der Waals surface area contributed by atoms with E-state index in [1.807, 2.05) is 0 Å². The molecule has 0 saturated heterocycles. The lowest BCUT2D eigenvalue weighted by Crippen LogP contribution is -2.58. The minimum absolute atomic E-state index is 0.0760. The predicted molar refractivity (Wildman–Crippen MR) is 131 cm³/mol. The zero-order chi connectivity index (χ0) is 27.1. The van der Waals surface area contributed by atoms with Gasteiger partial charge in [-0.1, -0.05) is 20.3 Å². The van der Waals surface area contributed by atoms with Crippen molar-refractivity contribution in [3.63, 3.8) is 0 Å². The molecule has 200 valence electrons. The second-order valence-corrected chi connectivity index (χ2v) is 8.37. The summed E-state index contributed by atoms with van der Waals surface area (Å²) >= 11 is 4.05. The van der Waals surface area contributed by atoms with E-state index >= 15 is 0 Å². The number of guanidine groups is 1. The van der Waals surface area contributed by atoms with Crippen LogP contribution in [0.4, 0.5) is 0 Å². The molecule has 0 aliphatic heterocycles. The Labute approximate surface area is 209 Å². The van der Waals surface area contributed by atoms with Gasteiger partial charge in [-0.05, 0) is 25.2 Å². The first-order valence-electron chi connectivity index (χ1n) is 11.1. The average Bonchev–Trinajstić information content (AvgIpc) is 2.79. The molecule has 5 unspecified atom stereocenters. The van der Waals surface area contributed by atoms with Crippen molar-refractivity contribution in [2.75, 3.05) is 12.3 Å². The van der Waals surface area contributed by atoms with Crippen LogP contribution in [0.5, 0.6) is 0 Å². The molecule has 0 aromatic rings. The van der Waals surface area contributed by atoms with Crippen molar-refractivity contribution in [2.24, 2.45) is 28.1 Å². The third-order valence-corrected chi connectivity index (χ3v) is 5.54. The highest BCUT2D eigenvalue weighted by Gasteiger charge is 2.31. The largest absolute Gasteiger partial charge is 0.481 e. The Morgan fingerprint density at radius 1 is 0.943 bits per heavy atom. The van der Waals surface area contributed by atoms with Crippen molar-refractivity contribution in [3.8, 4) is 0 Å². The molecule has 0 fully saturated rings. The molecule has 11 N–H and O–H groups in total. The van der Waals surface area contributed by atoms with Crippen LogP contribution < -0.4 is 33.2 Å². The number of nitrogens with two attached hydrogens (primary N) is 3. The summed E-state index contributed by atoms with van der Waals surface area (Å²) in [6.45, 7) is 3.62.